The first kappa shape index (κ1) is 19.4. The van der Waals surface area contributed by atoms with E-state index in [0.29, 0.717) is 19.6 Å². The topological polar surface area (TPSA) is 86.0 Å². The molecule has 27 heavy (non-hydrogen) atoms. The number of aliphatic carboxylic acids is 1. The van der Waals surface area contributed by atoms with Crippen LogP contribution >= 0.6 is 11.3 Å². The fourth-order valence-corrected chi connectivity index (χ4v) is 4.04. The molecule has 146 valence electrons. The number of hydrogen-bond donors (Lipinski definition) is 2. The Morgan fingerprint density at radius 2 is 2.11 bits per heavy atom. The molecule has 1 fully saturated rings. The molecule has 2 heterocycles. The number of rotatable bonds is 9. The van der Waals surface area contributed by atoms with E-state index in [0.717, 1.165) is 23.5 Å². The lowest BCUT2D eigenvalue weighted by Crippen LogP contribution is -2.56. The molecule has 0 atom stereocenters. The second kappa shape index (κ2) is 9.05. The lowest BCUT2D eigenvalue weighted by molar-refractivity contribution is -0.139. The molecule has 2 N–H and O–H groups in total. The predicted molar refractivity (Wildman–Crippen MR) is 102 cm³/mol. The summed E-state index contributed by atoms with van der Waals surface area (Å²) >= 11 is 1.62. The van der Waals surface area contributed by atoms with E-state index in [9.17, 15) is 9.59 Å². The Bertz CT molecular complexity index is 690. The predicted octanol–water partition coefficient (Wildman–Crippen LogP) is 2.99. The van der Waals surface area contributed by atoms with Crippen molar-refractivity contribution in [1.82, 2.24) is 15.1 Å². The van der Waals surface area contributed by atoms with E-state index in [-0.39, 0.29) is 24.7 Å². The lowest BCUT2D eigenvalue weighted by atomic mass is 9.85. The molecule has 3 rings (SSSR count). The number of carbonyl (C=O) groups excluding carboxylic acids is 1. The summed E-state index contributed by atoms with van der Waals surface area (Å²) in [5.74, 6) is -0.0725. The van der Waals surface area contributed by atoms with Gasteiger partial charge in [-0.3, -0.25) is 9.69 Å². The van der Waals surface area contributed by atoms with Crippen molar-refractivity contribution in [3.8, 4) is 0 Å². The molecule has 0 aromatic carbocycles. The maximum Gasteiger partial charge on any atom is 0.318 e. The Morgan fingerprint density at radius 3 is 2.70 bits per heavy atom. The van der Waals surface area contributed by atoms with E-state index in [1.165, 1.54) is 0 Å². The second-order valence-electron chi connectivity index (χ2n) is 6.74. The zero-order valence-electron chi connectivity index (χ0n) is 15.3. The molecule has 1 aliphatic carbocycles. The van der Waals surface area contributed by atoms with E-state index in [1.54, 1.807) is 22.5 Å². The van der Waals surface area contributed by atoms with Gasteiger partial charge in [0.2, 0.25) is 0 Å². The first-order chi connectivity index (χ1) is 13.0. The summed E-state index contributed by atoms with van der Waals surface area (Å²) in [5, 5.41) is 14.1. The number of nitrogens with one attached hydrogen (secondary N) is 1. The number of amides is 2. The van der Waals surface area contributed by atoms with E-state index in [4.69, 9.17) is 9.52 Å². The Hall–Kier alpha value is -2.32. The smallest absolute Gasteiger partial charge is 0.318 e. The average Bonchev–Trinajstić information content (AvgIpc) is 3.29. The number of nitrogens with zero attached hydrogens (tertiary/aromatic N) is 2. The second-order valence-corrected chi connectivity index (χ2v) is 7.78. The minimum Gasteiger partial charge on any atom is -0.480 e. The zero-order chi connectivity index (χ0) is 19.2. The number of likely N-dealkylation sites (N-methyl/N-ethyl adjacent to an activating group) is 1. The Kier molecular flexibility index (Phi) is 6.52. The number of carbonyl (C=O) groups is 2. The van der Waals surface area contributed by atoms with Gasteiger partial charge in [0.05, 0.1) is 25.9 Å². The maximum atomic E-state index is 12.8. The molecule has 0 radical (unpaired) electrons. The number of thiophene rings is 1. The monoisotopic (exact) mass is 391 g/mol. The van der Waals surface area contributed by atoms with Crippen LogP contribution in [0, 0.1) is 0 Å². The zero-order valence-corrected chi connectivity index (χ0v) is 16.2. The van der Waals surface area contributed by atoms with Crippen LogP contribution in [0.15, 0.2) is 40.3 Å². The summed E-state index contributed by atoms with van der Waals surface area (Å²) < 4.78 is 5.40. The van der Waals surface area contributed by atoms with Crippen molar-refractivity contribution in [3.63, 3.8) is 0 Å². The highest BCUT2D eigenvalue weighted by molar-refractivity contribution is 7.09. The van der Waals surface area contributed by atoms with Gasteiger partial charge in [-0.15, -0.1) is 11.3 Å². The van der Waals surface area contributed by atoms with Gasteiger partial charge in [0.25, 0.3) is 0 Å². The molecular weight excluding hydrogens is 366 g/mol. The number of furan rings is 1. The van der Waals surface area contributed by atoms with Gasteiger partial charge < -0.3 is 19.7 Å². The van der Waals surface area contributed by atoms with E-state index in [1.807, 2.05) is 41.5 Å². The molecule has 2 aromatic rings. The summed E-state index contributed by atoms with van der Waals surface area (Å²) in [6, 6.07) is 7.83. The van der Waals surface area contributed by atoms with Crippen molar-refractivity contribution in [3.05, 3.63) is 46.5 Å². The lowest BCUT2D eigenvalue weighted by Gasteiger charge is -2.42. The van der Waals surface area contributed by atoms with Gasteiger partial charge in [-0.1, -0.05) is 13.0 Å². The van der Waals surface area contributed by atoms with Gasteiger partial charge in [0, 0.05) is 17.0 Å². The molecule has 0 bridgehead atoms. The summed E-state index contributed by atoms with van der Waals surface area (Å²) in [4.78, 5) is 28.5. The molecule has 1 saturated carbocycles. The molecule has 1 aliphatic rings. The quantitative estimate of drug-likeness (QED) is 0.686. The van der Waals surface area contributed by atoms with E-state index < -0.39 is 5.97 Å². The normalized spacial score (nSPS) is 18.9. The van der Waals surface area contributed by atoms with Crippen LogP contribution in [0.4, 0.5) is 4.79 Å². The van der Waals surface area contributed by atoms with Crippen LogP contribution in [0.3, 0.4) is 0 Å². The first-order valence-electron chi connectivity index (χ1n) is 9.11. The number of hydrogen-bond acceptors (Lipinski definition) is 5. The van der Waals surface area contributed by atoms with Gasteiger partial charge >= 0.3 is 12.0 Å². The van der Waals surface area contributed by atoms with Gasteiger partial charge in [0.1, 0.15) is 5.76 Å². The molecule has 2 aromatic heterocycles. The van der Waals surface area contributed by atoms with E-state index >= 15 is 0 Å². The maximum absolute atomic E-state index is 12.8. The van der Waals surface area contributed by atoms with Crippen molar-refractivity contribution in [2.24, 2.45) is 0 Å². The highest BCUT2D eigenvalue weighted by Crippen LogP contribution is 2.26. The number of carboxylic acids is 1. The minimum absolute atomic E-state index is 0.0465. The standard InChI is InChI=1S/C19H25N3O4S/c1-2-21(13-18(23)24)15-9-14(10-15)20-19(25)22(11-16-5-3-7-26-16)12-17-6-4-8-27-17/h3-8,14-15H,2,9-13H2,1H3,(H,20,25)(H,23,24). The van der Waals surface area contributed by atoms with Crippen LogP contribution in [0.5, 0.6) is 0 Å². The van der Waals surface area contributed by atoms with Gasteiger partial charge in [-0.05, 0) is 43.0 Å². The van der Waals surface area contributed by atoms with Crippen molar-refractivity contribution in [2.75, 3.05) is 13.1 Å². The molecule has 0 saturated heterocycles. The fourth-order valence-electron chi connectivity index (χ4n) is 3.32. The largest absolute Gasteiger partial charge is 0.480 e. The van der Waals surface area contributed by atoms with Crippen molar-refractivity contribution >= 4 is 23.3 Å². The van der Waals surface area contributed by atoms with Crippen LogP contribution in [0.2, 0.25) is 0 Å². The molecule has 0 spiro atoms. The third kappa shape index (κ3) is 5.33. The fraction of sp³-hybridized carbons (Fsp3) is 0.474. The van der Waals surface area contributed by atoms with Crippen LogP contribution in [0.25, 0.3) is 0 Å². The Labute approximate surface area is 162 Å². The minimum atomic E-state index is -0.815. The van der Waals surface area contributed by atoms with Crippen LogP contribution in [-0.2, 0) is 17.9 Å². The van der Waals surface area contributed by atoms with Crippen LogP contribution < -0.4 is 5.32 Å². The summed E-state index contributed by atoms with van der Waals surface area (Å²) in [6.45, 7) is 3.64. The Balaban J connectivity index is 1.54. The summed E-state index contributed by atoms with van der Waals surface area (Å²) in [5.41, 5.74) is 0. The van der Waals surface area contributed by atoms with E-state index in [2.05, 4.69) is 5.32 Å². The van der Waals surface area contributed by atoms with Gasteiger partial charge in [-0.25, -0.2) is 4.79 Å². The molecule has 8 heteroatoms. The third-order valence-electron chi connectivity index (χ3n) is 4.84. The highest BCUT2D eigenvalue weighted by atomic mass is 32.1. The third-order valence-corrected chi connectivity index (χ3v) is 5.70. The van der Waals surface area contributed by atoms with Crippen molar-refractivity contribution in [1.29, 1.82) is 0 Å². The Morgan fingerprint density at radius 1 is 1.30 bits per heavy atom. The number of carboxylic acid groups (broad SMARTS) is 1. The summed E-state index contributed by atoms with van der Waals surface area (Å²) in [6.07, 6.45) is 3.16. The SMILES string of the molecule is CCN(CC(=O)O)C1CC(NC(=O)N(Cc2ccco2)Cc2cccs2)C1. The molecule has 0 unspecified atom stereocenters. The molecule has 0 aliphatic heterocycles. The number of urea groups is 1. The van der Waals surface area contributed by atoms with Crippen LogP contribution in [-0.4, -0.2) is 52.1 Å². The summed E-state index contributed by atoms with van der Waals surface area (Å²) in [7, 11) is 0. The average molecular weight is 391 g/mol. The molecular formula is C19H25N3O4S. The molecule has 2 amide bonds. The highest BCUT2D eigenvalue weighted by Gasteiger charge is 2.35. The van der Waals surface area contributed by atoms with Crippen molar-refractivity contribution < 1.29 is 19.1 Å². The van der Waals surface area contributed by atoms with Gasteiger partial charge in [0.15, 0.2) is 0 Å². The van der Waals surface area contributed by atoms with Gasteiger partial charge in [-0.2, -0.15) is 0 Å². The first-order valence-corrected chi connectivity index (χ1v) is 9.99. The van der Waals surface area contributed by atoms with Crippen molar-refractivity contribution in [2.45, 2.75) is 44.9 Å². The van der Waals surface area contributed by atoms with Crippen LogP contribution in [0.1, 0.15) is 30.4 Å². The molecule has 7 nitrogen and oxygen atoms in total.